The maximum atomic E-state index is 13.0. The van der Waals surface area contributed by atoms with Crippen molar-refractivity contribution in [1.82, 2.24) is 0 Å². The Labute approximate surface area is 552 Å². The van der Waals surface area contributed by atoms with Crippen molar-refractivity contribution < 1.29 is 42.9 Å². The summed E-state index contributed by atoms with van der Waals surface area (Å²) in [5.74, 6) is -2.25. The number of carbonyl (C=O) groups excluding carboxylic acids is 3. The van der Waals surface area contributed by atoms with Gasteiger partial charge in [0.15, 0.2) is 12.4 Å². The zero-order chi connectivity index (χ0) is 64.7. The number of unbranched alkanes of at least 4 members (excludes halogenated alkanes) is 47. The molecule has 2 atom stereocenters. The van der Waals surface area contributed by atoms with Gasteiger partial charge in [0.2, 0.25) is 0 Å². The van der Waals surface area contributed by atoms with Crippen LogP contribution in [0.15, 0.2) is 60.8 Å². The number of rotatable bonds is 72. The molecule has 0 aromatic heterocycles. The van der Waals surface area contributed by atoms with Gasteiger partial charge in [-0.3, -0.25) is 9.59 Å². The van der Waals surface area contributed by atoms with Gasteiger partial charge in [-0.25, -0.2) is 0 Å². The van der Waals surface area contributed by atoms with Gasteiger partial charge in [0.05, 0.1) is 40.3 Å². The number of allylic oxidation sites excluding steroid dienone is 10. The van der Waals surface area contributed by atoms with E-state index in [1.807, 2.05) is 21.1 Å². The summed E-state index contributed by atoms with van der Waals surface area (Å²) in [5, 5.41) is 11.8. The Balaban J connectivity index is 4.00. The third kappa shape index (κ3) is 72.3. The van der Waals surface area contributed by atoms with Crippen molar-refractivity contribution in [3.8, 4) is 0 Å². The zero-order valence-corrected chi connectivity index (χ0v) is 59.6. The molecule has 9 heteroatoms. The first kappa shape index (κ1) is 86.0. The molecule has 0 aliphatic rings. The number of hydrogen-bond acceptors (Lipinski definition) is 8. The standard InChI is InChI=1S/C80H147NO8/c1-6-8-10-12-14-16-18-20-22-24-26-28-30-32-34-36-37-38-39-40-41-43-45-47-49-51-53-55-57-59-61-63-65-67-69-71-78(83)89-76(75-88-80(79(84)85)86-73-72-81(3,4)5)74-87-77(82)70-68-66-64-62-60-58-56-54-52-50-48-46-44-42-35-33-31-29-27-25-23-21-19-17-15-13-11-9-7-2/h8,10,14,16,20,22,25-28,76,80H,6-7,9,11-13,15,17-19,21,23-24,29-75H2,1-5H3/b10-8-,16-14-,22-20-,27-25-,28-26-. The number of likely N-dealkylation sites (N-methyl/N-ethyl adjacent to an activating group) is 1. The van der Waals surface area contributed by atoms with E-state index < -0.39 is 24.3 Å². The Morgan fingerprint density at radius 2 is 0.640 bits per heavy atom. The van der Waals surface area contributed by atoms with Gasteiger partial charge in [-0.1, -0.05) is 344 Å². The lowest BCUT2D eigenvalue weighted by molar-refractivity contribution is -0.870. The van der Waals surface area contributed by atoms with Crippen LogP contribution in [-0.4, -0.2) is 82.3 Å². The Morgan fingerprint density at radius 1 is 0.348 bits per heavy atom. The predicted molar refractivity (Wildman–Crippen MR) is 380 cm³/mol. The van der Waals surface area contributed by atoms with Crippen molar-refractivity contribution in [2.24, 2.45) is 0 Å². The van der Waals surface area contributed by atoms with Crippen molar-refractivity contribution >= 4 is 17.9 Å². The lowest BCUT2D eigenvalue weighted by Crippen LogP contribution is -2.44. The fraction of sp³-hybridized carbons (Fsp3) is 0.838. The van der Waals surface area contributed by atoms with Crippen molar-refractivity contribution in [3.63, 3.8) is 0 Å². The highest BCUT2D eigenvalue weighted by Crippen LogP contribution is 2.19. The Morgan fingerprint density at radius 3 is 0.966 bits per heavy atom. The minimum absolute atomic E-state index is 0.150. The first-order chi connectivity index (χ1) is 43.6. The summed E-state index contributed by atoms with van der Waals surface area (Å²) in [4.78, 5) is 37.6. The van der Waals surface area contributed by atoms with Crippen LogP contribution in [0.4, 0.5) is 0 Å². The second kappa shape index (κ2) is 70.9. The summed E-state index contributed by atoms with van der Waals surface area (Å²) in [6.45, 7) is 4.70. The van der Waals surface area contributed by atoms with Crippen LogP contribution in [0.25, 0.3) is 0 Å². The van der Waals surface area contributed by atoms with Crippen LogP contribution >= 0.6 is 0 Å². The van der Waals surface area contributed by atoms with E-state index in [4.69, 9.17) is 18.9 Å². The minimum atomic E-state index is -1.62. The van der Waals surface area contributed by atoms with E-state index in [0.717, 1.165) is 64.2 Å². The molecule has 0 rings (SSSR count). The van der Waals surface area contributed by atoms with E-state index in [1.165, 1.54) is 283 Å². The highest BCUT2D eigenvalue weighted by molar-refractivity contribution is 5.70. The average Bonchev–Trinajstić information content (AvgIpc) is 3.64. The Kier molecular flexibility index (Phi) is 68.5. The second-order valence-electron chi connectivity index (χ2n) is 27.3. The van der Waals surface area contributed by atoms with E-state index in [1.54, 1.807) is 0 Å². The first-order valence-electron chi connectivity index (χ1n) is 38.4. The van der Waals surface area contributed by atoms with Crippen LogP contribution in [0.2, 0.25) is 0 Å². The van der Waals surface area contributed by atoms with Gasteiger partial charge in [0, 0.05) is 12.8 Å². The normalized spacial score (nSPS) is 13.0. The van der Waals surface area contributed by atoms with Crippen LogP contribution in [0.1, 0.15) is 373 Å². The van der Waals surface area contributed by atoms with Crippen LogP contribution < -0.4 is 5.11 Å². The minimum Gasteiger partial charge on any atom is -0.545 e. The molecule has 0 aliphatic carbocycles. The Bertz CT molecular complexity index is 1650. The zero-order valence-electron chi connectivity index (χ0n) is 59.6. The molecule has 0 saturated carbocycles. The summed E-state index contributed by atoms with van der Waals surface area (Å²) in [6, 6.07) is 0. The van der Waals surface area contributed by atoms with Crippen LogP contribution in [0.3, 0.4) is 0 Å². The number of nitrogens with zero attached hydrogens (tertiary/aromatic N) is 1. The molecule has 0 fully saturated rings. The predicted octanol–water partition coefficient (Wildman–Crippen LogP) is 22.9. The third-order valence-corrected chi connectivity index (χ3v) is 17.2. The van der Waals surface area contributed by atoms with E-state index >= 15 is 0 Å². The van der Waals surface area contributed by atoms with Gasteiger partial charge in [-0.15, -0.1) is 0 Å². The van der Waals surface area contributed by atoms with Gasteiger partial charge in [-0.2, -0.15) is 0 Å². The molecule has 0 heterocycles. The van der Waals surface area contributed by atoms with Crippen LogP contribution in [0, 0.1) is 0 Å². The highest BCUT2D eigenvalue weighted by Gasteiger charge is 2.22. The molecule has 0 bridgehead atoms. The number of quaternary nitrogens is 1. The molecule has 0 saturated heterocycles. The summed E-state index contributed by atoms with van der Waals surface area (Å²) in [5.41, 5.74) is 0. The number of aliphatic carboxylic acids is 1. The van der Waals surface area contributed by atoms with Crippen molar-refractivity contribution in [3.05, 3.63) is 60.8 Å². The number of ether oxygens (including phenoxy) is 4. The summed E-state index contributed by atoms with van der Waals surface area (Å²) in [6.07, 6.45) is 90.5. The van der Waals surface area contributed by atoms with Gasteiger partial charge in [0.25, 0.3) is 0 Å². The van der Waals surface area contributed by atoms with Gasteiger partial charge < -0.3 is 33.3 Å². The van der Waals surface area contributed by atoms with Crippen molar-refractivity contribution in [2.45, 2.75) is 386 Å². The molecule has 0 aromatic carbocycles. The highest BCUT2D eigenvalue weighted by atomic mass is 16.7. The molecule has 0 N–H and O–H groups in total. The van der Waals surface area contributed by atoms with Gasteiger partial charge in [0.1, 0.15) is 13.2 Å². The molecule has 520 valence electrons. The number of hydrogen-bond donors (Lipinski definition) is 0. The van der Waals surface area contributed by atoms with Crippen LogP contribution in [0.5, 0.6) is 0 Å². The van der Waals surface area contributed by atoms with Gasteiger partial charge >= 0.3 is 11.9 Å². The molecule has 0 aliphatic heterocycles. The second-order valence-corrected chi connectivity index (χ2v) is 27.3. The summed E-state index contributed by atoms with van der Waals surface area (Å²) in [7, 11) is 5.95. The van der Waals surface area contributed by atoms with Gasteiger partial charge in [-0.05, 0) is 77.0 Å². The van der Waals surface area contributed by atoms with E-state index in [2.05, 4.69) is 74.6 Å². The molecule has 0 spiro atoms. The lowest BCUT2D eigenvalue weighted by Gasteiger charge is -2.26. The molecule has 0 aromatic rings. The third-order valence-electron chi connectivity index (χ3n) is 17.2. The molecule has 9 nitrogen and oxygen atoms in total. The van der Waals surface area contributed by atoms with E-state index in [9.17, 15) is 19.5 Å². The Hall–Kier alpha value is -3.01. The molecule has 0 radical (unpaired) electrons. The molecular formula is C80H147NO8. The fourth-order valence-corrected chi connectivity index (χ4v) is 11.4. The van der Waals surface area contributed by atoms with Crippen molar-refractivity contribution in [1.29, 1.82) is 0 Å². The molecule has 89 heavy (non-hydrogen) atoms. The number of carboxylic acids is 1. The average molecular weight is 1250 g/mol. The number of carbonyl (C=O) groups is 3. The lowest BCUT2D eigenvalue weighted by atomic mass is 10.0. The molecule has 2 unspecified atom stereocenters. The fourth-order valence-electron chi connectivity index (χ4n) is 11.4. The first-order valence-corrected chi connectivity index (χ1v) is 38.4. The van der Waals surface area contributed by atoms with Crippen LogP contribution in [-0.2, 0) is 33.3 Å². The maximum absolute atomic E-state index is 13.0. The smallest absolute Gasteiger partial charge is 0.306 e. The van der Waals surface area contributed by atoms with E-state index in [-0.39, 0.29) is 32.2 Å². The monoisotopic (exact) mass is 1250 g/mol. The summed E-state index contributed by atoms with van der Waals surface area (Å²) < 4.78 is 22.9. The molecule has 0 amide bonds. The maximum Gasteiger partial charge on any atom is 0.306 e. The quantitative estimate of drug-likeness (QED) is 0.0195. The number of esters is 2. The number of carboxylic acid groups (broad SMARTS) is 1. The van der Waals surface area contributed by atoms with E-state index in [0.29, 0.717) is 17.4 Å². The topological polar surface area (TPSA) is 111 Å². The molecular weight excluding hydrogens is 1100 g/mol. The summed E-state index contributed by atoms with van der Waals surface area (Å²) >= 11 is 0. The SMILES string of the molecule is CC/C=C\C/C=C\C/C=C\C/C=C\CCCCCCCCCCCCCCCCCCCCCCCCC(=O)OC(COC(=O)CCCCCCCCCCCCCCCCCCC/C=C\CCCCCCCCCC)COC(OCC[N+](C)(C)C)C(=O)[O-]. The largest absolute Gasteiger partial charge is 0.545 e. The van der Waals surface area contributed by atoms with Crippen molar-refractivity contribution in [2.75, 3.05) is 47.5 Å².